The van der Waals surface area contributed by atoms with Crippen LogP contribution in [0.5, 0.6) is 0 Å². The lowest BCUT2D eigenvalue weighted by molar-refractivity contribution is -0.608. The van der Waals surface area contributed by atoms with Crippen molar-refractivity contribution in [1.82, 2.24) is 4.98 Å². The van der Waals surface area contributed by atoms with Gasteiger partial charge in [-0.3, -0.25) is 0 Å². The van der Waals surface area contributed by atoms with Gasteiger partial charge in [0.05, 0.1) is 6.20 Å². The molecule has 3 nitrogen and oxygen atoms in total. The first-order chi connectivity index (χ1) is 3.79. The highest BCUT2D eigenvalue weighted by atomic mass is 16.5. The number of aryl methyl sites for hydroxylation is 1. The van der Waals surface area contributed by atoms with E-state index in [1.165, 1.54) is 12.5 Å². The maximum absolute atomic E-state index is 10.3. The van der Waals surface area contributed by atoms with Gasteiger partial charge in [-0.05, 0) is 0 Å². The minimum atomic E-state index is 0.660. The van der Waals surface area contributed by atoms with Crippen molar-refractivity contribution in [2.75, 3.05) is 0 Å². The van der Waals surface area contributed by atoms with E-state index in [0.717, 1.165) is 5.69 Å². The van der Waals surface area contributed by atoms with E-state index < -0.39 is 0 Å². The van der Waals surface area contributed by atoms with Gasteiger partial charge < -0.3 is 5.21 Å². The summed E-state index contributed by atoms with van der Waals surface area (Å²) in [6.07, 6.45) is 2.65. The fourth-order valence-electron chi connectivity index (χ4n) is 0.411. The van der Waals surface area contributed by atoms with Gasteiger partial charge in [0.1, 0.15) is 0 Å². The monoisotopic (exact) mass is 110 g/mol. The number of hydrogen-bond acceptors (Lipinski definition) is 2. The molecule has 0 atom stereocenters. The second-order valence-corrected chi connectivity index (χ2v) is 1.56. The normalized spacial score (nSPS) is 9.12. The smallest absolute Gasteiger partial charge is 0.289 e. The van der Waals surface area contributed by atoms with Crippen molar-refractivity contribution in [2.45, 2.75) is 6.92 Å². The Morgan fingerprint density at radius 2 is 2.50 bits per heavy atom. The summed E-state index contributed by atoms with van der Waals surface area (Å²) < 4.78 is 0.660. The lowest BCUT2D eigenvalue weighted by atomic mass is 10.5. The molecule has 0 saturated heterocycles. The summed E-state index contributed by atoms with van der Waals surface area (Å²) >= 11 is 0. The number of nitrogens with zero attached hydrogens (tertiary/aromatic N) is 2. The zero-order chi connectivity index (χ0) is 5.98. The van der Waals surface area contributed by atoms with E-state index in [4.69, 9.17) is 0 Å². The van der Waals surface area contributed by atoms with Crippen molar-refractivity contribution in [3.05, 3.63) is 29.5 Å². The topological polar surface area (TPSA) is 39.8 Å². The fourth-order valence-corrected chi connectivity index (χ4v) is 0.411. The minimum Gasteiger partial charge on any atom is -0.711 e. The van der Waals surface area contributed by atoms with Gasteiger partial charge in [0.15, 0.2) is 5.69 Å². The fraction of sp³-hybridized carbons (Fsp3) is 0.200. The average Bonchev–Trinajstić information content (AvgIpc) is 1.77. The molecule has 0 N–H and O–H groups in total. The Bertz CT molecular complexity index is 149. The highest BCUT2D eigenvalue weighted by molar-refractivity contribution is 4.89. The molecule has 8 heavy (non-hydrogen) atoms. The van der Waals surface area contributed by atoms with Crippen molar-refractivity contribution in [3.63, 3.8) is 0 Å². The van der Waals surface area contributed by atoms with E-state index in [-0.39, 0.29) is 0 Å². The van der Waals surface area contributed by atoms with Gasteiger partial charge in [-0.15, -0.1) is 0 Å². The minimum absolute atomic E-state index is 0.660. The molecule has 3 heteroatoms. The molecule has 0 fully saturated rings. The van der Waals surface area contributed by atoms with Crippen LogP contribution < -0.4 is 4.73 Å². The molecule has 0 aromatic carbocycles. The predicted molar refractivity (Wildman–Crippen MR) is 27.9 cm³/mol. The van der Waals surface area contributed by atoms with Gasteiger partial charge in [0.25, 0.3) is 6.33 Å². The molecule has 42 valence electrons. The Labute approximate surface area is 47.2 Å². The predicted octanol–water partition coefficient (Wildman–Crippen LogP) is 0.0234. The van der Waals surface area contributed by atoms with Crippen LogP contribution in [0, 0.1) is 12.1 Å². The van der Waals surface area contributed by atoms with Crippen molar-refractivity contribution in [3.8, 4) is 0 Å². The Balaban J connectivity index is 3.03. The molecule has 1 aromatic rings. The second kappa shape index (κ2) is 1.78. The van der Waals surface area contributed by atoms with Crippen LogP contribution in [0.2, 0.25) is 0 Å². The molecule has 0 spiro atoms. The molecule has 0 aliphatic rings. The highest BCUT2D eigenvalue weighted by Gasteiger charge is 1.87. The number of aromatic nitrogens is 2. The quantitative estimate of drug-likeness (QED) is 0.349. The molecule has 0 aliphatic heterocycles. The zero-order valence-corrected chi connectivity index (χ0v) is 4.53. The molecular formula is C5H6N2O. The van der Waals surface area contributed by atoms with Gasteiger partial charge in [0, 0.05) is 13.0 Å². The van der Waals surface area contributed by atoms with E-state index >= 15 is 0 Å². The van der Waals surface area contributed by atoms with Crippen molar-refractivity contribution >= 4 is 0 Å². The maximum atomic E-state index is 10.3. The summed E-state index contributed by atoms with van der Waals surface area (Å²) in [5, 5.41) is 10.3. The van der Waals surface area contributed by atoms with Crippen molar-refractivity contribution < 1.29 is 4.73 Å². The summed E-state index contributed by atoms with van der Waals surface area (Å²) in [6, 6.07) is 1.66. The Morgan fingerprint density at radius 3 is 2.88 bits per heavy atom. The third-order valence-electron chi connectivity index (χ3n) is 0.838. The van der Waals surface area contributed by atoms with E-state index in [1.54, 1.807) is 6.07 Å². The first kappa shape index (κ1) is 5.03. The summed E-state index contributed by atoms with van der Waals surface area (Å²) in [6.45, 7) is 1.83. The summed E-state index contributed by atoms with van der Waals surface area (Å²) in [5.41, 5.74) is 0.858. The Hall–Kier alpha value is -1.12. The molecule has 0 bridgehead atoms. The first-order valence-electron chi connectivity index (χ1n) is 2.30. The van der Waals surface area contributed by atoms with Crippen molar-refractivity contribution in [1.29, 1.82) is 0 Å². The highest BCUT2D eigenvalue weighted by Crippen LogP contribution is 1.81. The Kier molecular flexibility index (Phi) is 1.12. The molecule has 0 amide bonds. The first-order valence-corrected chi connectivity index (χ1v) is 2.30. The van der Waals surface area contributed by atoms with E-state index in [9.17, 15) is 5.21 Å². The van der Waals surface area contributed by atoms with Crippen molar-refractivity contribution in [2.24, 2.45) is 0 Å². The largest absolute Gasteiger partial charge is 0.711 e. The van der Waals surface area contributed by atoms with Gasteiger partial charge in [-0.25, -0.2) is 4.73 Å². The number of rotatable bonds is 0. The number of hydrogen-bond donors (Lipinski definition) is 0. The SMILES string of the molecule is Cc1cc[n+]([O-])cn1. The summed E-state index contributed by atoms with van der Waals surface area (Å²) in [4.78, 5) is 3.73. The molecule has 0 aliphatic carbocycles. The van der Waals surface area contributed by atoms with Crippen LogP contribution in [0.3, 0.4) is 0 Å². The van der Waals surface area contributed by atoms with Gasteiger partial charge in [-0.2, -0.15) is 0 Å². The molecule has 1 rings (SSSR count). The molecular weight excluding hydrogens is 104 g/mol. The average molecular weight is 110 g/mol. The lowest BCUT2D eigenvalue weighted by Gasteiger charge is -1.94. The van der Waals surface area contributed by atoms with E-state index in [2.05, 4.69) is 4.98 Å². The third kappa shape index (κ3) is 0.932. The molecule has 0 unspecified atom stereocenters. The van der Waals surface area contributed by atoms with E-state index in [0.29, 0.717) is 4.73 Å². The third-order valence-corrected chi connectivity index (χ3v) is 0.838. The van der Waals surface area contributed by atoms with Gasteiger partial charge in [0.2, 0.25) is 0 Å². The van der Waals surface area contributed by atoms with Crippen LogP contribution in [0.4, 0.5) is 0 Å². The molecule has 0 radical (unpaired) electrons. The summed E-state index contributed by atoms with van der Waals surface area (Å²) in [5.74, 6) is 0. The lowest BCUT2D eigenvalue weighted by Crippen LogP contribution is -2.24. The zero-order valence-electron chi connectivity index (χ0n) is 4.53. The van der Waals surface area contributed by atoms with Crippen LogP contribution in [0.1, 0.15) is 5.69 Å². The second-order valence-electron chi connectivity index (χ2n) is 1.56. The standard InChI is InChI=1S/C5H6N2O/c1-5-2-3-7(8)4-6-5/h2-4H,1H3. The van der Waals surface area contributed by atoms with Crippen LogP contribution >= 0.6 is 0 Å². The maximum Gasteiger partial charge on any atom is 0.289 e. The van der Waals surface area contributed by atoms with Crippen LogP contribution in [0.15, 0.2) is 18.6 Å². The molecule has 1 heterocycles. The van der Waals surface area contributed by atoms with Crippen LogP contribution in [-0.4, -0.2) is 4.98 Å². The van der Waals surface area contributed by atoms with Crippen LogP contribution in [0.25, 0.3) is 0 Å². The molecule has 1 aromatic heterocycles. The van der Waals surface area contributed by atoms with Gasteiger partial charge >= 0.3 is 0 Å². The van der Waals surface area contributed by atoms with Gasteiger partial charge in [-0.1, -0.05) is 4.98 Å². The molecule has 0 saturated carbocycles. The Morgan fingerprint density at radius 1 is 1.75 bits per heavy atom. The van der Waals surface area contributed by atoms with E-state index in [1.807, 2.05) is 6.92 Å². The summed E-state index contributed by atoms with van der Waals surface area (Å²) in [7, 11) is 0. The van der Waals surface area contributed by atoms with Crippen LogP contribution in [-0.2, 0) is 0 Å².